The fraction of sp³-hybridized carbons (Fsp3) is 0.875. The van der Waals surface area contributed by atoms with Gasteiger partial charge in [-0.2, -0.15) is 0 Å². The zero-order valence-corrected chi connectivity index (χ0v) is 7.49. The first-order chi connectivity index (χ1) is 5.63. The third kappa shape index (κ3) is 2.11. The minimum Gasteiger partial charge on any atom is -0.351 e. The molecular formula is C8H17N3O. The fourth-order valence-corrected chi connectivity index (χ4v) is 1.72. The van der Waals surface area contributed by atoms with E-state index in [1.54, 1.807) is 4.90 Å². The van der Waals surface area contributed by atoms with Crippen molar-refractivity contribution < 1.29 is 4.79 Å². The molecule has 1 saturated heterocycles. The molecular weight excluding hydrogens is 154 g/mol. The lowest BCUT2D eigenvalue weighted by molar-refractivity contribution is 0.161. The maximum absolute atomic E-state index is 10.9. The van der Waals surface area contributed by atoms with E-state index in [1.165, 1.54) is 0 Å². The lowest BCUT2D eigenvalue weighted by Gasteiger charge is -2.34. The van der Waals surface area contributed by atoms with Gasteiger partial charge in [0.15, 0.2) is 0 Å². The van der Waals surface area contributed by atoms with E-state index in [0.29, 0.717) is 12.5 Å². The van der Waals surface area contributed by atoms with Crippen LogP contribution >= 0.6 is 0 Å². The molecule has 4 heteroatoms. The van der Waals surface area contributed by atoms with Gasteiger partial charge in [-0.3, -0.25) is 0 Å². The van der Waals surface area contributed by atoms with Gasteiger partial charge in [-0.1, -0.05) is 13.3 Å². The van der Waals surface area contributed by atoms with Crippen LogP contribution in [-0.2, 0) is 0 Å². The number of carbonyl (C=O) groups is 1. The van der Waals surface area contributed by atoms with E-state index in [0.717, 1.165) is 19.4 Å². The van der Waals surface area contributed by atoms with Crippen LogP contribution < -0.4 is 11.5 Å². The summed E-state index contributed by atoms with van der Waals surface area (Å²) in [6.07, 6.45) is 2.08. The van der Waals surface area contributed by atoms with Crippen molar-refractivity contribution in [3.63, 3.8) is 0 Å². The summed E-state index contributed by atoms with van der Waals surface area (Å²) in [5, 5.41) is 0. The van der Waals surface area contributed by atoms with Crippen molar-refractivity contribution in [2.24, 2.45) is 17.4 Å². The molecule has 4 nitrogen and oxygen atoms in total. The summed E-state index contributed by atoms with van der Waals surface area (Å²) in [6.45, 7) is 3.51. The van der Waals surface area contributed by atoms with Gasteiger partial charge in [0.1, 0.15) is 0 Å². The molecule has 2 atom stereocenters. The van der Waals surface area contributed by atoms with E-state index in [2.05, 4.69) is 6.92 Å². The Hall–Kier alpha value is -0.770. The van der Waals surface area contributed by atoms with Gasteiger partial charge in [0.25, 0.3) is 0 Å². The number of nitrogens with two attached hydrogens (primary N) is 2. The van der Waals surface area contributed by atoms with Gasteiger partial charge in [-0.05, 0) is 12.3 Å². The predicted octanol–water partition coefficient (Wildman–Crippen LogP) is 0.124. The number of hydrogen-bond donors (Lipinski definition) is 2. The molecule has 12 heavy (non-hydrogen) atoms. The van der Waals surface area contributed by atoms with Gasteiger partial charge in [-0.25, -0.2) is 4.79 Å². The van der Waals surface area contributed by atoms with Crippen LogP contribution in [0.1, 0.15) is 19.8 Å². The average molecular weight is 171 g/mol. The highest BCUT2D eigenvalue weighted by atomic mass is 16.2. The van der Waals surface area contributed by atoms with Crippen LogP contribution in [0.2, 0.25) is 0 Å². The number of carbonyl (C=O) groups excluding carboxylic acids is 1. The molecule has 0 aromatic rings. The maximum Gasteiger partial charge on any atom is 0.314 e. The third-order valence-electron chi connectivity index (χ3n) is 2.46. The van der Waals surface area contributed by atoms with Gasteiger partial charge in [0.05, 0.1) is 0 Å². The van der Waals surface area contributed by atoms with E-state index >= 15 is 0 Å². The van der Waals surface area contributed by atoms with Gasteiger partial charge in [0, 0.05) is 19.1 Å². The molecule has 0 radical (unpaired) electrons. The quantitative estimate of drug-likeness (QED) is 0.588. The largest absolute Gasteiger partial charge is 0.351 e. The van der Waals surface area contributed by atoms with Crippen molar-refractivity contribution in [3.8, 4) is 0 Å². The van der Waals surface area contributed by atoms with Crippen LogP contribution in [0, 0.1) is 5.92 Å². The summed E-state index contributed by atoms with van der Waals surface area (Å²) < 4.78 is 0. The Labute approximate surface area is 72.9 Å². The third-order valence-corrected chi connectivity index (χ3v) is 2.46. The summed E-state index contributed by atoms with van der Waals surface area (Å²) in [4.78, 5) is 12.5. The number of primary amides is 1. The minimum absolute atomic E-state index is 0.108. The molecule has 0 spiro atoms. The second kappa shape index (κ2) is 3.76. The van der Waals surface area contributed by atoms with Crippen LogP contribution in [-0.4, -0.2) is 30.1 Å². The second-order valence-electron chi connectivity index (χ2n) is 3.51. The first-order valence-corrected chi connectivity index (χ1v) is 4.43. The Morgan fingerprint density at radius 3 is 2.75 bits per heavy atom. The molecule has 0 aromatic carbocycles. The van der Waals surface area contributed by atoms with Crippen molar-refractivity contribution in [3.05, 3.63) is 0 Å². The highest BCUT2D eigenvalue weighted by Gasteiger charge is 2.25. The monoisotopic (exact) mass is 171 g/mol. The zero-order chi connectivity index (χ0) is 9.14. The standard InChI is InChI=1S/C8H17N3O/c1-2-6-3-7(9)5-11(4-6)8(10)12/h6-7H,2-5,9H2,1H3,(H2,10,12). The molecule has 4 N–H and O–H groups in total. The van der Waals surface area contributed by atoms with Crippen molar-refractivity contribution >= 4 is 6.03 Å². The first kappa shape index (κ1) is 9.32. The summed E-state index contributed by atoms with van der Waals surface area (Å²) in [5.41, 5.74) is 11.0. The molecule has 2 amide bonds. The molecule has 2 unspecified atom stereocenters. The number of nitrogens with zero attached hydrogens (tertiary/aromatic N) is 1. The Balaban J connectivity index is 2.51. The average Bonchev–Trinajstić information content (AvgIpc) is 2.03. The number of rotatable bonds is 1. The van der Waals surface area contributed by atoms with Crippen molar-refractivity contribution in [1.29, 1.82) is 0 Å². The Kier molecular flexibility index (Phi) is 2.92. The number of likely N-dealkylation sites (tertiary alicyclic amines) is 1. The van der Waals surface area contributed by atoms with E-state index in [4.69, 9.17) is 11.5 Å². The minimum atomic E-state index is -0.344. The van der Waals surface area contributed by atoms with E-state index in [9.17, 15) is 4.79 Å². The highest BCUT2D eigenvalue weighted by Crippen LogP contribution is 2.17. The summed E-state index contributed by atoms with van der Waals surface area (Å²) in [5.74, 6) is 0.529. The Bertz CT molecular complexity index is 172. The zero-order valence-electron chi connectivity index (χ0n) is 7.49. The van der Waals surface area contributed by atoms with Gasteiger partial charge >= 0.3 is 6.03 Å². The molecule has 0 aliphatic carbocycles. The molecule has 1 rings (SSSR count). The molecule has 0 aromatic heterocycles. The topological polar surface area (TPSA) is 72.3 Å². The van der Waals surface area contributed by atoms with Crippen molar-refractivity contribution in [1.82, 2.24) is 4.90 Å². The number of piperidine rings is 1. The maximum atomic E-state index is 10.9. The summed E-state index contributed by atoms with van der Waals surface area (Å²) >= 11 is 0. The molecule has 0 bridgehead atoms. The predicted molar refractivity (Wildman–Crippen MR) is 47.5 cm³/mol. The number of urea groups is 1. The Morgan fingerprint density at radius 1 is 1.58 bits per heavy atom. The van der Waals surface area contributed by atoms with Gasteiger partial charge < -0.3 is 16.4 Å². The second-order valence-corrected chi connectivity index (χ2v) is 3.51. The lowest BCUT2D eigenvalue weighted by atomic mass is 9.93. The molecule has 1 heterocycles. The van der Waals surface area contributed by atoms with Crippen LogP contribution in [0.15, 0.2) is 0 Å². The van der Waals surface area contributed by atoms with Crippen molar-refractivity contribution in [2.75, 3.05) is 13.1 Å². The Morgan fingerprint density at radius 2 is 2.25 bits per heavy atom. The summed E-state index contributed by atoms with van der Waals surface area (Å²) in [7, 11) is 0. The number of hydrogen-bond acceptors (Lipinski definition) is 2. The van der Waals surface area contributed by atoms with Crippen LogP contribution in [0.25, 0.3) is 0 Å². The molecule has 0 saturated carbocycles. The van der Waals surface area contributed by atoms with E-state index in [-0.39, 0.29) is 12.1 Å². The van der Waals surface area contributed by atoms with Gasteiger partial charge in [0.2, 0.25) is 0 Å². The van der Waals surface area contributed by atoms with Crippen LogP contribution in [0.5, 0.6) is 0 Å². The van der Waals surface area contributed by atoms with Crippen LogP contribution in [0.3, 0.4) is 0 Å². The van der Waals surface area contributed by atoms with Crippen molar-refractivity contribution in [2.45, 2.75) is 25.8 Å². The molecule has 1 fully saturated rings. The van der Waals surface area contributed by atoms with Crippen LogP contribution in [0.4, 0.5) is 4.79 Å². The SMILES string of the molecule is CCC1CC(N)CN(C(N)=O)C1. The molecule has 1 aliphatic rings. The van der Waals surface area contributed by atoms with E-state index in [1.807, 2.05) is 0 Å². The molecule has 1 aliphatic heterocycles. The van der Waals surface area contributed by atoms with E-state index < -0.39 is 0 Å². The van der Waals surface area contributed by atoms with Gasteiger partial charge in [-0.15, -0.1) is 0 Å². The fourth-order valence-electron chi connectivity index (χ4n) is 1.72. The number of amides is 2. The molecule has 70 valence electrons. The smallest absolute Gasteiger partial charge is 0.314 e. The lowest BCUT2D eigenvalue weighted by Crippen LogP contribution is -2.51. The normalized spacial score (nSPS) is 30.3. The first-order valence-electron chi connectivity index (χ1n) is 4.43. The summed E-state index contributed by atoms with van der Waals surface area (Å²) in [6, 6.07) is -0.236. The highest BCUT2D eigenvalue weighted by molar-refractivity contribution is 5.72.